The van der Waals surface area contributed by atoms with Crippen molar-refractivity contribution >= 4 is 57.3 Å². The number of fused-ring (bicyclic) bond motifs is 1. The number of carbonyl (C=O) groups is 3. The molecule has 2 aliphatic rings. The van der Waals surface area contributed by atoms with E-state index in [1.54, 1.807) is 25.2 Å². The zero-order chi connectivity index (χ0) is 18.3. The predicted octanol–water partition coefficient (Wildman–Crippen LogP) is 2.49. The number of hydrogen-bond acceptors (Lipinski definition) is 5. The van der Waals surface area contributed by atoms with Gasteiger partial charge < -0.3 is 10.0 Å². The molecular formula is C17H16N2O4S2. The van der Waals surface area contributed by atoms with Gasteiger partial charge in [0.05, 0.1) is 16.2 Å². The van der Waals surface area contributed by atoms with Crippen molar-refractivity contribution in [1.82, 2.24) is 4.90 Å². The molecule has 1 unspecified atom stereocenters. The molecule has 2 amide bonds. The van der Waals surface area contributed by atoms with E-state index in [9.17, 15) is 19.5 Å². The summed E-state index contributed by atoms with van der Waals surface area (Å²) in [7, 11) is 1.64. The molecule has 0 aliphatic carbocycles. The van der Waals surface area contributed by atoms with E-state index in [0.29, 0.717) is 24.0 Å². The van der Waals surface area contributed by atoms with Crippen LogP contribution in [-0.2, 0) is 14.4 Å². The van der Waals surface area contributed by atoms with Crippen LogP contribution in [0, 0.1) is 0 Å². The Morgan fingerprint density at radius 3 is 2.60 bits per heavy atom. The average Bonchev–Trinajstić information content (AvgIpc) is 3.00. The van der Waals surface area contributed by atoms with Crippen molar-refractivity contribution in [3.63, 3.8) is 0 Å². The number of thiocarbonyl (C=S) groups is 1. The molecule has 130 valence electrons. The molecule has 1 aromatic carbocycles. The highest BCUT2D eigenvalue weighted by Gasteiger charge is 2.44. The molecule has 2 heterocycles. The zero-order valence-corrected chi connectivity index (χ0v) is 15.3. The Balaban J connectivity index is 2.09. The van der Waals surface area contributed by atoms with Crippen molar-refractivity contribution in [2.45, 2.75) is 25.8 Å². The molecule has 1 aromatic rings. The molecule has 3 rings (SSSR count). The average molecular weight is 376 g/mol. The fraction of sp³-hybridized carbons (Fsp3) is 0.294. The summed E-state index contributed by atoms with van der Waals surface area (Å²) in [6.45, 7) is 1.84. The molecule has 0 saturated carbocycles. The third kappa shape index (κ3) is 2.75. The number of aliphatic carboxylic acids is 1. The van der Waals surface area contributed by atoms with Crippen LogP contribution in [0.1, 0.15) is 25.3 Å². The first-order chi connectivity index (χ1) is 11.9. The third-order valence-corrected chi connectivity index (χ3v) is 5.64. The summed E-state index contributed by atoms with van der Waals surface area (Å²) in [5.41, 5.74) is 1.67. The Bertz CT molecular complexity index is 834. The lowest BCUT2D eigenvalue weighted by Crippen LogP contribution is -2.43. The number of benzene rings is 1. The molecule has 1 atom stereocenters. The first-order valence-electron chi connectivity index (χ1n) is 7.78. The lowest BCUT2D eigenvalue weighted by molar-refractivity contribution is -0.145. The van der Waals surface area contributed by atoms with Gasteiger partial charge in [0.1, 0.15) is 10.4 Å². The van der Waals surface area contributed by atoms with E-state index < -0.39 is 17.9 Å². The maximum Gasteiger partial charge on any atom is 0.326 e. The van der Waals surface area contributed by atoms with Crippen LogP contribution in [-0.4, -0.2) is 45.2 Å². The Morgan fingerprint density at radius 2 is 1.96 bits per heavy atom. The lowest BCUT2D eigenvalue weighted by atomic mass is 10.1. The minimum absolute atomic E-state index is 0.174. The number of nitrogens with zero attached hydrogens (tertiary/aromatic N) is 2. The lowest BCUT2D eigenvalue weighted by Gasteiger charge is -2.22. The van der Waals surface area contributed by atoms with Gasteiger partial charge in [0.2, 0.25) is 0 Å². The molecule has 0 radical (unpaired) electrons. The van der Waals surface area contributed by atoms with Crippen molar-refractivity contribution in [2.75, 3.05) is 11.9 Å². The highest BCUT2D eigenvalue weighted by atomic mass is 32.2. The van der Waals surface area contributed by atoms with E-state index in [1.807, 2.05) is 13.0 Å². The maximum atomic E-state index is 12.9. The normalized spacial score (nSPS) is 21.1. The van der Waals surface area contributed by atoms with Gasteiger partial charge in [-0.1, -0.05) is 55.5 Å². The highest BCUT2D eigenvalue weighted by Crippen LogP contribution is 2.44. The first-order valence-corrected chi connectivity index (χ1v) is 9.00. The number of para-hydroxylation sites is 1. The third-order valence-electron chi connectivity index (χ3n) is 4.24. The number of carboxylic acid groups (broad SMARTS) is 1. The zero-order valence-electron chi connectivity index (χ0n) is 13.7. The molecule has 2 aliphatic heterocycles. The Kier molecular flexibility index (Phi) is 4.66. The summed E-state index contributed by atoms with van der Waals surface area (Å²) in [6.07, 6.45) is 0.902. The Hall–Kier alpha value is -2.19. The highest BCUT2D eigenvalue weighted by molar-refractivity contribution is 8.26. The van der Waals surface area contributed by atoms with Gasteiger partial charge in [-0.15, -0.1) is 0 Å². The molecule has 0 bridgehead atoms. The molecule has 1 N–H and O–H groups in total. The van der Waals surface area contributed by atoms with Crippen molar-refractivity contribution in [2.24, 2.45) is 0 Å². The van der Waals surface area contributed by atoms with E-state index in [1.165, 1.54) is 4.90 Å². The summed E-state index contributed by atoms with van der Waals surface area (Å²) >= 11 is 6.25. The minimum Gasteiger partial charge on any atom is -0.480 e. The summed E-state index contributed by atoms with van der Waals surface area (Å²) < 4.78 is 0.174. The molecule has 0 spiro atoms. The number of anilines is 1. The molecule has 25 heavy (non-hydrogen) atoms. The van der Waals surface area contributed by atoms with Gasteiger partial charge in [-0.05, 0) is 12.5 Å². The van der Waals surface area contributed by atoms with Gasteiger partial charge >= 0.3 is 5.97 Å². The second-order valence-electron chi connectivity index (χ2n) is 5.77. The van der Waals surface area contributed by atoms with E-state index in [-0.39, 0.29) is 15.1 Å². The van der Waals surface area contributed by atoms with Crippen LogP contribution in [0.2, 0.25) is 0 Å². The van der Waals surface area contributed by atoms with E-state index in [2.05, 4.69) is 0 Å². The van der Waals surface area contributed by atoms with E-state index in [4.69, 9.17) is 12.2 Å². The fourth-order valence-electron chi connectivity index (χ4n) is 3.02. The number of carbonyl (C=O) groups excluding carboxylic acids is 2. The van der Waals surface area contributed by atoms with E-state index >= 15 is 0 Å². The molecule has 8 heteroatoms. The van der Waals surface area contributed by atoms with Gasteiger partial charge in [-0.2, -0.15) is 0 Å². The number of carboxylic acids is 1. The quantitative estimate of drug-likeness (QED) is 0.643. The first kappa shape index (κ1) is 17.6. The van der Waals surface area contributed by atoms with Crippen LogP contribution in [0.3, 0.4) is 0 Å². The number of likely N-dealkylation sites (N-methyl/N-ethyl adjacent to an activating group) is 1. The largest absolute Gasteiger partial charge is 0.480 e. The number of hydrogen-bond donors (Lipinski definition) is 1. The summed E-state index contributed by atoms with van der Waals surface area (Å²) in [4.78, 5) is 39.9. The number of rotatable bonds is 4. The summed E-state index contributed by atoms with van der Waals surface area (Å²) in [5.74, 6) is -1.90. The smallest absolute Gasteiger partial charge is 0.326 e. The number of thioether (sulfide) groups is 1. The summed E-state index contributed by atoms with van der Waals surface area (Å²) in [5, 5.41) is 9.45. The molecule has 6 nitrogen and oxygen atoms in total. The Labute approximate surface area is 154 Å². The molecule has 0 aromatic heterocycles. The molecular weight excluding hydrogens is 360 g/mol. The second kappa shape index (κ2) is 6.61. The van der Waals surface area contributed by atoms with Crippen molar-refractivity contribution in [3.05, 3.63) is 34.7 Å². The van der Waals surface area contributed by atoms with Crippen molar-refractivity contribution in [3.8, 4) is 0 Å². The van der Waals surface area contributed by atoms with Crippen LogP contribution >= 0.6 is 24.0 Å². The topological polar surface area (TPSA) is 77.9 Å². The van der Waals surface area contributed by atoms with Gasteiger partial charge in [0, 0.05) is 12.6 Å². The fourth-order valence-corrected chi connectivity index (χ4v) is 4.45. The molecule has 1 fully saturated rings. The van der Waals surface area contributed by atoms with Gasteiger partial charge in [-0.25, -0.2) is 4.79 Å². The van der Waals surface area contributed by atoms with Gasteiger partial charge in [0.25, 0.3) is 11.8 Å². The van der Waals surface area contributed by atoms with Crippen molar-refractivity contribution in [1.29, 1.82) is 0 Å². The van der Waals surface area contributed by atoms with Crippen LogP contribution in [0.5, 0.6) is 0 Å². The van der Waals surface area contributed by atoms with Gasteiger partial charge in [0.15, 0.2) is 0 Å². The van der Waals surface area contributed by atoms with Crippen LogP contribution in [0.15, 0.2) is 29.2 Å². The second-order valence-corrected chi connectivity index (χ2v) is 7.42. The SMILES string of the molecule is CCCC(C(=O)O)N1C(=O)C(=C2C(=O)N(C)c3ccccc32)SC1=S. The monoisotopic (exact) mass is 376 g/mol. The maximum absolute atomic E-state index is 12.9. The standard InChI is InChI=1S/C17H16N2O4S2/c1-3-6-11(16(22)23)19-15(21)13(25-17(19)24)12-9-7-4-5-8-10(9)18(2)14(12)20/h4-5,7-8,11H,3,6H2,1-2H3,(H,22,23). The van der Waals surface area contributed by atoms with E-state index in [0.717, 1.165) is 22.3 Å². The van der Waals surface area contributed by atoms with Crippen LogP contribution in [0.4, 0.5) is 5.69 Å². The predicted molar refractivity (Wildman–Crippen MR) is 100 cm³/mol. The number of amides is 2. The molecule has 1 saturated heterocycles. The van der Waals surface area contributed by atoms with Crippen molar-refractivity contribution < 1.29 is 19.5 Å². The minimum atomic E-state index is -1.10. The van der Waals surface area contributed by atoms with Gasteiger partial charge in [-0.3, -0.25) is 14.5 Å². The van der Waals surface area contributed by atoms with Crippen LogP contribution < -0.4 is 4.90 Å². The van der Waals surface area contributed by atoms with Crippen LogP contribution in [0.25, 0.3) is 5.57 Å². The summed E-state index contributed by atoms with van der Waals surface area (Å²) in [6, 6.07) is 6.18. The Morgan fingerprint density at radius 1 is 1.28 bits per heavy atom.